The smallest absolute Gasteiger partial charge is 0.288 e. The third-order valence-corrected chi connectivity index (χ3v) is 6.29. The van der Waals surface area contributed by atoms with Crippen LogP contribution in [0.1, 0.15) is 27.0 Å². The van der Waals surface area contributed by atoms with Crippen molar-refractivity contribution in [2.75, 3.05) is 13.1 Å². The van der Waals surface area contributed by atoms with Crippen LogP contribution >= 0.6 is 11.6 Å². The van der Waals surface area contributed by atoms with Gasteiger partial charge in [-0.3, -0.25) is 14.9 Å². The first kappa shape index (κ1) is 24.1. The van der Waals surface area contributed by atoms with Crippen molar-refractivity contribution in [1.82, 2.24) is 5.32 Å². The summed E-state index contributed by atoms with van der Waals surface area (Å²) in [5.41, 5.74) is 2.75. The molecule has 0 aliphatic carbocycles. The van der Waals surface area contributed by atoms with Crippen molar-refractivity contribution in [3.05, 3.63) is 147 Å². The lowest BCUT2D eigenvalue weighted by Gasteiger charge is -2.33. The number of nitrogens with one attached hydrogen (secondary N) is 1. The summed E-state index contributed by atoms with van der Waals surface area (Å²) in [4.78, 5) is 23.2. The van der Waals surface area contributed by atoms with Gasteiger partial charge in [0.15, 0.2) is 5.54 Å². The summed E-state index contributed by atoms with van der Waals surface area (Å²) in [7, 11) is 0. The molecule has 1 amide bonds. The van der Waals surface area contributed by atoms with Crippen molar-refractivity contribution >= 4 is 23.2 Å². The Kier molecular flexibility index (Phi) is 7.55. The Bertz CT molecular complexity index is 1200. The van der Waals surface area contributed by atoms with E-state index in [1.54, 1.807) is 0 Å². The highest BCUT2D eigenvalue weighted by molar-refractivity contribution is 6.32. The molecule has 0 saturated carbocycles. The molecule has 0 fully saturated rings. The van der Waals surface area contributed by atoms with Gasteiger partial charge in [0.1, 0.15) is 5.02 Å². The normalized spacial score (nSPS) is 11.1. The molecular formula is C28H25ClN3O3+. The van der Waals surface area contributed by atoms with E-state index in [9.17, 15) is 14.9 Å². The lowest BCUT2D eigenvalue weighted by molar-refractivity contribution is -0.714. The summed E-state index contributed by atoms with van der Waals surface area (Å²) < 4.78 is 0. The average molecular weight is 487 g/mol. The quantitative estimate of drug-likeness (QED) is 0.158. The van der Waals surface area contributed by atoms with Gasteiger partial charge in [-0.05, 0) is 12.1 Å². The minimum absolute atomic E-state index is 0.00162. The van der Waals surface area contributed by atoms with Crippen LogP contribution in [0.3, 0.4) is 0 Å². The predicted molar refractivity (Wildman–Crippen MR) is 136 cm³/mol. The lowest BCUT2D eigenvalue weighted by atomic mass is 9.77. The van der Waals surface area contributed by atoms with Gasteiger partial charge in [-0.25, -0.2) is 0 Å². The second-order valence-electron chi connectivity index (χ2n) is 8.08. The molecule has 0 bridgehead atoms. The molecule has 4 rings (SSSR count). The topological polar surface area (TPSA) is 88.8 Å². The molecule has 4 aromatic rings. The predicted octanol–water partition coefficient (Wildman–Crippen LogP) is 4.53. The number of nitrogens with two attached hydrogens (primary N) is 1. The number of rotatable bonds is 9. The van der Waals surface area contributed by atoms with E-state index in [1.807, 2.05) is 54.6 Å². The number of nitro groups is 1. The summed E-state index contributed by atoms with van der Waals surface area (Å²) in [6.07, 6.45) is 0. The van der Waals surface area contributed by atoms with Gasteiger partial charge in [0.05, 0.1) is 18.0 Å². The Morgan fingerprint density at radius 3 is 1.77 bits per heavy atom. The standard InChI is InChI=1S/C28H24ClN3O3/c29-25-17-16-21(20-26(25)32(34)35)27(33)30-18-19-31-28(22-10-4-1-5-11-22,23-12-6-2-7-13-23)24-14-8-3-9-15-24/h1-17,20,31H,18-19H2,(H,30,33)/p+1. The number of hydrogen-bond acceptors (Lipinski definition) is 3. The number of amides is 1. The number of halogens is 1. The number of carbonyl (C=O) groups is 1. The number of hydrogen-bond donors (Lipinski definition) is 2. The van der Waals surface area contributed by atoms with E-state index >= 15 is 0 Å². The van der Waals surface area contributed by atoms with Gasteiger partial charge in [-0.1, -0.05) is 103 Å². The molecule has 0 unspecified atom stereocenters. The van der Waals surface area contributed by atoms with E-state index in [-0.39, 0.29) is 22.2 Å². The average Bonchev–Trinajstić information content (AvgIpc) is 2.90. The molecule has 0 aliphatic rings. The highest BCUT2D eigenvalue weighted by atomic mass is 35.5. The molecule has 35 heavy (non-hydrogen) atoms. The number of carbonyl (C=O) groups excluding carboxylic acids is 1. The van der Waals surface area contributed by atoms with Gasteiger partial charge in [-0.2, -0.15) is 0 Å². The zero-order valence-corrected chi connectivity index (χ0v) is 19.7. The van der Waals surface area contributed by atoms with Gasteiger partial charge in [0.25, 0.3) is 11.6 Å². The molecule has 0 radical (unpaired) electrons. The van der Waals surface area contributed by atoms with Crippen LogP contribution in [0.4, 0.5) is 5.69 Å². The van der Waals surface area contributed by atoms with Gasteiger partial charge < -0.3 is 10.6 Å². The van der Waals surface area contributed by atoms with Crippen LogP contribution in [0.25, 0.3) is 0 Å². The first-order valence-corrected chi connectivity index (χ1v) is 11.6. The van der Waals surface area contributed by atoms with Crippen LogP contribution in [0.5, 0.6) is 0 Å². The first-order chi connectivity index (χ1) is 17.0. The lowest BCUT2D eigenvalue weighted by Crippen LogP contribution is -2.96. The molecule has 4 aromatic carbocycles. The van der Waals surface area contributed by atoms with Crippen LogP contribution < -0.4 is 10.6 Å². The molecule has 176 valence electrons. The number of nitrogens with zero attached hydrogens (tertiary/aromatic N) is 1. The Hall–Kier alpha value is -4.00. The van der Waals surface area contributed by atoms with E-state index in [0.717, 1.165) is 16.7 Å². The van der Waals surface area contributed by atoms with Crippen molar-refractivity contribution in [3.8, 4) is 0 Å². The molecule has 0 aliphatic heterocycles. The van der Waals surface area contributed by atoms with E-state index in [2.05, 4.69) is 47.0 Å². The van der Waals surface area contributed by atoms with Crippen LogP contribution in [-0.4, -0.2) is 23.9 Å². The summed E-state index contributed by atoms with van der Waals surface area (Å²) in [6, 6.07) is 34.9. The number of nitro benzene ring substituents is 1. The zero-order chi connectivity index (χ0) is 24.7. The van der Waals surface area contributed by atoms with Crippen molar-refractivity contribution in [3.63, 3.8) is 0 Å². The van der Waals surface area contributed by atoms with Crippen molar-refractivity contribution < 1.29 is 15.0 Å². The summed E-state index contributed by atoms with van der Waals surface area (Å²) in [5, 5.41) is 16.2. The van der Waals surface area contributed by atoms with Crippen LogP contribution in [0, 0.1) is 10.1 Å². The fourth-order valence-corrected chi connectivity index (χ4v) is 4.51. The minimum Gasteiger partial charge on any atom is -0.346 e. The van der Waals surface area contributed by atoms with E-state index in [1.165, 1.54) is 18.2 Å². The Labute approximate surface area is 208 Å². The fourth-order valence-electron chi connectivity index (χ4n) is 4.33. The van der Waals surface area contributed by atoms with Crippen LogP contribution in [0.2, 0.25) is 5.02 Å². The second kappa shape index (κ2) is 11.0. The van der Waals surface area contributed by atoms with Crippen LogP contribution in [0.15, 0.2) is 109 Å². The maximum absolute atomic E-state index is 12.7. The highest BCUT2D eigenvalue weighted by Gasteiger charge is 2.39. The third-order valence-electron chi connectivity index (χ3n) is 5.97. The summed E-state index contributed by atoms with van der Waals surface area (Å²) >= 11 is 5.87. The Morgan fingerprint density at radius 1 is 0.829 bits per heavy atom. The molecular weight excluding hydrogens is 462 g/mol. The van der Waals surface area contributed by atoms with E-state index < -0.39 is 10.5 Å². The number of quaternary nitrogens is 1. The van der Waals surface area contributed by atoms with Crippen molar-refractivity contribution in [2.45, 2.75) is 5.54 Å². The van der Waals surface area contributed by atoms with Gasteiger partial charge in [-0.15, -0.1) is 0 Å². The second-order valence-corrected chi connectivity index (χ2v) is 8.49. The Morgan fingerprint density at radius 2 is 1.31 bits per heavy atom. The third kappa shape index (κ3) is 5.24. The zero-order valence-electron chi connectivity index (χ0n) is 18.9. The van der Waals surface area contributed by atoms with E-state index in [4.69, 9.17) is 11.6 Å². The first-order valence-electron chi connectivity index (χ1n) is 11.3. The monoisotopic (exact) mass is 486 g/mol. The summed E-state index contributed by atoms with van der Waals surface area (Å²) in [5.74, 6) is -0.386. The molecule has 0 spiro atoms. The molecule has 6 nitrogen and oxygen atoms in total. The molecule has 0 heterocycles. The highest BCUT2D eigenvalue weighted by Crippen LogP contribution is 2.32. The van der Waals surface area contributed by atoms with E-state index in [0.29, 0.717) is 13.1 Å². The van der Waals surface area contributed by atoms with Gasteiger partial charge in [0, 0.05) is 28.3 Å². The fraction of sp³-hybridized carbons (Fsp3) is 0.107. The van der Waals surface area contributed by atoms with Crippen LogP contribution in [-0.2, 0) is 5.54 Å². The molecule has 0 saturated heterocycles. The summed E-state index contributed by atoms with van der Waals surface area (Å²) in [6.45, 7) is 0.934. The molecule has 0 aromatic heterocycles. The number of benzene rings is 4. The van der Waals surface area contributed by atoms with Crippen molar-refractivity contribution in [1.29, 1.82) is 0 Å². The molecule has 7 heteroatoms. The van der Waals surface area contributed by atoms with Crippen molar-refractivity contribution in [2.24, 2.45) is 0 Å². The maximum atomic E-state index is 12.7. The Balaban J connectivity index is 1.59. The molecule has 3 N–H and O–H groups in total. The SMILES string of the molecule is O=C(NCC[NH2+]C(c1ccccc1)(c1ccccc1)c1ccccc1)c1ccc(Cl)c([N+](=O)[O-])c1. The minimum atomic E-state index is -0.596. The molecule has 0 atom stereocenters. The van der Waals surface area contributed by atoms with Gasteiger partial charge in [0.2, 0.25) is 0 Å². The largest absolute Gasteiger partial charge is 0.346 e. The maximum Gasteiger partial charge on any atom is 0.288 e. The van der Waals surface area contributed by atoms with Gasteiger partial charge >= 0.3 is 0 Å².